The third-order valence-electron chi connectivity index (χ3n) is 6.27. The molecule has 0 spiro atoms. The van der Waals surface area contributed by atoms with Crippen LogP contribution in [0.1, 0.15) is 34.7 Å². The number of piperazine rings is 1. The van der Waals surface area contributed by atoms with E-state index in [0.29, 0.717) is 19.6 Å². The number of carbonyl (C=O) groups excluding carboxylic acids is 2. The summed E-state index contributed by atoms with van der Waals surface area (Å²) in [5, 5.41) is 3.44. The molecule has 0 saturated carbocycles. The number of hydrogen-bond acceptors (Lipinski definition) is 3. The molecule has 2 fully saturated rings. The molecular weight excluding hydrogens is 412 g/mol. The third-order valence-corrected chi connectivity index (χ3v) is 6.50. The average molecular weight is 441 g/mol. The Morgan fingerprint density at radius 1 is 0.968 bits per heavy atom. The molecule has 3 amide bonds. The molecule has 2 saturated heterocycles. The van der Waals surface area contributed by atoms with Crippen molar-refractivity contribution in [2.75, 3.05) is 51.2 Å². The van der Waals surface area contributed by atoms with Crippen LogP contribution < -0.4 is 10.2 Å². The van der Waals surface area contributed by atoms with E-state index in [4.69, 9.17) is 11.6 Å². The van der Waals surface area contributed by atoms with Gasteiger partial charge >= 0.3 is 6.03 Å². The van der Waals surface area contributed by atoms with Crippen LogP contribution in [0.25, 0.3) is 0 Å². The molecule has 0 bridgehead atoms. The summed E-state index contributed by atoms with van der Waals surface area (Å²) in [5.41, 5.74) is 2.96. The number of nitrogens with one attached hydrogen (secondary N) is 1. The first-order chi connectivity index (χ1) is 15.0. The lowest BCUT2D eigenvalue weighted by Crippen LogP contribution is -2.48. The van der Waals surface area contributed by atoms with E-state index in [1.807, 2.05) is 46.2 Å². The van der Waals surface area contributed by atoms with Crippen LogP contribution in [-0.4, -0.2) is 68.1 Å². The minimum absolute atomic E-state index is 0.0329. The Hall–Kier alpha value is -2.73. The number of halogens is 1. The number of rotatable bonds is 3. The number of benzene rings is 2. The summed E-state index contributed by atoms with van der Waals surface area (Å²) in [7, 11) is 1.66. The van der Waals surface area contributed by atoms with E-state index in [9.17, 15) is 9.59 Å². The summed E-state index contributed by atoms with van der Waals surface area (Å²) in [6.07, 6.45) is 2.01. The van der Waals surface area contributed by atoms with Crippen molar-refractivity contribution in [2.24, 2.45) is 0 Å². The molecule has 2 aromatic carbocycles. The molecule has 4 rings (SSSR count). The van der Waals surface area contributed by atoms with Gasteiger partial charge in [-0.25, -0.2) is 4.79 Å². The normalized spacial score (nSPS) is 19.3. The van der Waals surface area contributed by atoms with Crippen LogP contribution in [0.3, 0.4) is 0 Å². The predicted molar refractivity (Wildman–Crippen MR) is 124 cm³/mol. The van der Waals surface area contributed by atoms with Gasteiger partial charge in [0.25, 0.3) is 5.91 Å². The second kappa shape index (κ2) is 9.60. The molecule has 31 heavy (non-hydrogen) atoms. The Morgan fingerprint density at radius 3 is 2.48 bits per heavy atom. The van der Waals surface area contributed by atoms with Crippen molar-refractivity contribution in [1.82, 2.24) is 15.1 Å². The van der Waals surface area contributed by atoms with Gasteiger partial charge in [0.05, 0.1) is 0 Å². The fraction of sp³-hybridized carbons (Fsp3) is 0.417. The average Bonchev–Trinajstić information content (AvgIpc) is 2.83. The minimum atomic E-state index is -0.0329. The number of likely N-dealkylation sites (tertiary alicyclic amines) is 1. The molecule has 0 aliphatic carbocycles. The number of nitrogens with zero attached hydrogens (tertiary/aromatic N) is 3. The van der Waals surface area contributed by atoms with Crippen molar-refractivity contribution in [3.8, 4) is 0 Å². The van der Waals surface area contributed by atoms with Crippen LogP contribution in [0, 0.1) is 0 Å². The summed E-state index contributed by atoms with van der Waals surface area (Å²) in [5.74, 6) is 0.338. The van der Waals surface area contributed by atoms with Gasteiger partial charge in [0.15, 0.2) is 0 Å². The first kappa shape index (κ1) is 21.5. The van der Waals surface area contributed by atoms with E-state index in [0.717, 1.165) is 54.3 Å². The second-order valence-corrected chi connectivity index (χ2v) is 8.66. The molecule has 0 aromatic heterocycles. The number of piperidine rings is 1. The first-order valence-corrected chi connectivity index (χ1v) is 11.3. The summed E-state index contributed by atoms with van der Waals surface area (Å²) < 4.78 is 0. The van der Waals surface area contributed by atoms with Crippen molar-refractivity contribution >= 4 is 29.2 Å². The smallest absolute Gasteiger partial charge is 0.317 e. The largest absolute Gasteiger partial charge is 0.368 e. The van der Waals surface area contributed by atoms with Gasteiger partial charge in [-0.3, -0.25) is 4.79 Å². The molecule has 2 heterocycles. The van der Waals surface area contributed by atoms with Crippen molar-refractivity contribution in [3.63, 3.8) is 0 Å². The summed E-state index contributed by atoms with van der Waals surface area (Å²) >= 11 is 6.12. The quantitative estimate of drug-likeness (QED) is 0.789. The Bertz CT molecular complexity index is 943. The van der Waals surface area contributed by atoms with E-state index < -0.39 is 0 Å². The van der Waals surface area contributed by atoms with Crippen molar-refractivity contribution in [3.05, 3.63) is 64.7 Å². The van der Waals surface area contributed by atoms with Crippen molar-refractivity contribution in [2.45, 2.75) is 18.8 Å². The van der Waals surface area contributed by atoms with Crippen molar-refractivity contribution < 1.29 is 9.59 Å². The number of urea groups is 1. The van der Waals surface area contributed by atoms with Crippen LogP contribution in [0.2, 0.25) is 5.02 Å². The third kappa shape index (κ3) is 4.96. The van der Waals surface area contributed by atoms with E-state index in [1.54, 1.807) is 7.05 Å². The monoisotopic (exact) mass is 440 g/mol. The zero-order chi connectivity index (χ0) is 21.8. The van der Waals surface area contributed by atoms with Gasteiger partial charge in [-0.15, -0.1) is 0 Å². The van der Waals surface area contributed by atoms with E-state index in [-0.39, 0.29) is 17.9 Å². The lowest BCUT2D eigenvalue weighted by molar-refractivity contribution is 0.0746. The van der Waals surface area contributed by atoms with Crippen LogP contribution in [0.15, 0.2) is 48.5 Å². The SMILES string of the molecule is CNC(=O)N1CCC[C@H](c2cccc(C(=O)N3CCN(c4cccc(Cl)c4)CC3)c2)C1. The number of amides is 3. The molecule has 2 aromatic rings. The van der Waals surface area contributed by atoms with Gasteiger partial charge < -0.3 is 20.0 Å². The Kier molecular flexibility index (Phi) is 6.66. The molecule has 2 aliphatic rings. The predicted octanol–water partition coefficient (Wildman–Crippen LogP) is 3.82. The van der Waals surface area contributed by atoms with E-state index in [1.165, 1.54) is 0 Å². The Labute approximate surface area is 188 Å². The fourth-order valence-corrected chi connectivity index (χ4v) is 4.73. The van der Waals surface area contributed by atoms with Crippen LogP contribution in [0.5, 0.6) is 0 Å². The van der Waals surface area contributed by atoms with Crippen LogP contribution >= 0.6 is 11.6 Å². The first-order valence-electron chi connectivity index (χ1n) is 10.9. The number of hydrogen-bond donors (Lipinski definition) is 1. The van der Waals surface area contributed by atoms with E-state index >= 15 is 0 Å². The molecule has 1 N–H and O–H groups in total. The zero-order valence-corrected chi connectivity index (χ0v) is 18.6. The lowest BCUT2D eigenvalue weighted by atomic mass is 9.89. The van der Waals surface area contributed by atoms with Crippen LogP contribution in [0.4, 0.5) is 10.5 Å². The standard InChI is InChI=1S/C24H29ClN4O2/c1-26-24(31)29-10-4-7-20(17-29)18-5-2-6-19(15-18)23(30)28-13-11-27(12-14-28)22-9-3-8-21(25)16-22/h2-3,5-6,8-9,15-16,20H,4,7,10-14,17H2,1H3,(H,26,31)/t20-/m0/s1. The number of anilines is 1. The minimum Gasteiger partial charge on any atom is -0.368 e. The molecular formula is C24H29ClN4O2. The topological polar surface area (TPSA) is 55.9 Å². The molecule has 164 valence electrons. The Morgan fingerprint density at radius 2 is 1.74 bits per heavy atom. The van der Waals surface area contributed by atoms with Gasteiger partial charge in [0.2, 0.25) is 0 Å². The molecule has 6 nitrogen and oxygen atoms in total. The van der Waals surface area contributed by atoms with Gasteiger partial charge in [0.1, 0.15) is 0 Å². The summed E-state index contributed by atoms with van der Waals surface area (Å²) in [4.78, 5) is 31.2. The molecule has 0 unspecified atom stereocenters. The maximum absolute atomic E-state index is 13.2. The van der Waals surface area contributed by atoms with E-state index in [2.05, 4.69) is 22.3 Å². The maximum Gasteiger partial charge on any atom is 0.317 e. The van der Waals surface area contributed by atoms with Crippen LogP contribution in [-0.2, 0) is 0 Å². The highest BCUT2D eigenvalue weighted by Crippen LogP contribution is 2.28. The molecule has 0 radical (unpaired) electrons. The van der Waals surface area contributed by atoms with Gasteiger partial charge in [-0.1, -0.05) is 29.8 Å². The summed E-state index contributed by atoms with van der Waals surface area (Å²) in [6.45, 7) is 4.42. The maximum atomic E-state index is 13.2. The van der Waals surface area contributed by atoms with Gasteiger partial charge in [-0.2, -0.15) is 0 Å². The second-order valence-electron chi connectivity index (χ2n) is 8.22. The fourth-order valence-electron chi connectivity index (χ4n) is 4.54. The van der Waals surface area contributed by atoms with Crippen molar-refractivity contribution in [1.29, 1.82) is 0 Å². The highest BCUT2D eigenvalue weighted by molar-refractivity contribution is 6.30. The molecule has 1 atom stereocenters. The molecule has 7 heteroatoms. The van der Waals surface area contributed by atoms with Gasteiger partial charge in [-0.05, 0) is 48.7 Å². The molecule has 2 aliphatic heterocycles. The summed E-state index contributed by atoms with van der Waals surface area (Å²) in [6, 6.07) is 15.8. The van der Waals surface area contributed by atoms with Gasteiger partial charge in [0, 0.05) is 68.5 Å². The number of carbonyl (C=O) groups is 2. The Balaban J connectivity index is 1.40. The highest BCUT2D eigenvalue weighted by Gasteiger charge is 2.26. The lowest BCUT2D eigenvalue weighted by Gasteiger charge is -2.36. The zero-order valence-electron chi connectivity index (χ0n) is 17.9. The highest BCUT2D eigenvalue weighted by atomic mass is 35.5.